The van der Waals surface area contributed by atoms with Gasteiger partial charge in [-0.05, 0) is 91.7 Å². The number of aromatic nitrogens is 3. The second-order valence-electron chi connectivity index (χ2n) is 11.8. The molecule has 1 aliphatic heterocycles. The highest BCUT2D eigenvalue weighted by Crippen LogP contribution is 2.25. The number of carbonyl (C=O) groups excluding carboxylic acids is 3. The van der Waals surface area contributed by atoms with Gasteiger partial charge in [0.25, 0.3) is 5.91 Å². The Labute approximate surface area is 278 Å². The van der Waals surface area contributed by atoms with Crippen molar-refractivity contribution in [1.29, 1.82) is 0 Å². The zero-order valence-corrected chi connectivity index (χ0v) is 26.7. The summed E-state index contributed by atoms with van der Waals surface area (Å²) in [7, 11) is 2.03. The zero-order valence-electron chi connectivity index (χ0n) is 26.7. The van der Waals surface area contributed by atoms with Gasteiger partial charge in [-0.3, -0.25) is 29.6 Å². The number of aryl methyl sites for hydroxylation is 1. The van der Waals surface area contributed by atoms with E-state index in [9.17, 15) is 14.4 Å². The monoisotopic (exact) mass is 640 g/mol. The summed E-state index contributed by atoms with van der Waals surface area (Å²) in [6.45, 7) is 3.35. The van der Waals surface area contributed by atoms with E-state index in [2.05, 4.69) is 41.1 Å². The van der Waals surface area contributed by atoms with Gasteiger partial charge in [0.1, 0.15) is 6.04 Å². The largest absolute Gasteiger partial charge is 0.374 e. The number of carbonyl (C=O) groups is 3. The Balaban J connectivity index is 1.03. The number of anilines is 4. The first-order valence-corrected chi connectivity index (χ1v) is 15.7. The average Bonchev–Trinajstić information content (AvgIpc) is 3.08. The van der Waals surface area contributed by atoms with Crippen LogP contribution in [0, 0.1) is 6.92 Å². The fraction of sp³-hybridized carbons (Fsp3) is 0.189. The summed E-state index contributed by atoms with van der Waals surface area (Å²) in [5, 5.41) is 11.9. The molecule has 0 aliphatic carbocycles. The van der Waals surface area contributed by atoms with Gasteiger partial charge in [0.2, 0.25) is 17.8 Å². The Morgan fingerprint density at radius 1 is 0.917 bits per heavy atom. The molecule has 0 radical (unpaired) electrons. The molecule has 242 valence electrons. The highest BCUT2D eigenvalue weighted by atomic mass is 16.2. The molecule has 0 spiro atoms. The summed E-state index contributed by atoms with van der Waals surface area (Å²) in [4.78, 5) is 52.0. The first kappa shape index (κ1) is 32.0. The summed E-state index contributed by atoms with van der Waals surface area (Å²) in [6.07, 6.45) is 5.98. The van der Waals surface area contributed by atoms with E-state index in [4.69, 9.17) is 0 Å². The number of benzene rings is 3. The Morgan fingerprint density at radius 2 is 1.75 bits per heavy atom. The Kier molecular flexibility index (Phi) is 9.77. The van der Waals surface area contributed by atoms with E-state index in [0.717, 1.165) is 39.3 Å². The van der Waals surface area contributed by atoms with Gasteiger partial charge in [0.05, 0.1) is 5.69 Å². The molecule has 1 aliphatic rings. The molecule has 2 aromatic heterocycles. The van der Waals surface area contributed by atoms with Gasteiger partial charge < -0.3 is 16.0 Å². The van der Waals surface area contributed by atoms with E-state index in [0.29, 0.717) is 43.1 Å². The molecule has 1 fully saturated rings. The predicted molar refractivity (Wildman–Crippen MR) is 186 cm³/mol. The normalized spacial score (nSPS) is 14.4. The lowest BCUT2D eigenvalue weighted by Crippen LogP contribution is -2.47. The number of nitrogens with one attached hydrogen (secondary N) is 4. The van der Waals surface area contributed by atoms with Crippen LogP contribution in [0.4, 0.5) is 23.0 Å². The molecule has 6 rings (SSSR count). The lowest BCUT2D eigenvalue weighted by atomic mass is 10.1. The summed E-state index contributed by atoms with van der Waals surface area (Å²) >= 11 is 0. The first-order chi connectivity index (χ1) is 23.3. The van der Waals surface area contributed by atoms with Crippen molar-refractivity contribution in [1.82, 2.24) is 25.2 Å². The Morgan fingerprint density at radius 3 is 2.54 bits per heavy atom. The third kappa shape index (κ3) is 8.25. The summed E-state index contributed by atoms with van der Waals surface area (Å²) in [5.74, 6) is -0.285. The molecule has 5 aromatic rings. The summed E-state index contributed by atoms with van der Waals surface area (Å²) < 4.78 is 0. The van der Waals surface area contributed by atoms with Crippen LogP contribution in [-0.4, -0.2) is 50.7 Å². The second-order valence-corrected chi connectivity index (χ2v) is 11.8. The van der Waals surface area contributed by atoms with E-state index < -0.39 is 6.04 Å². The van der Waals surface area contributed by atoms with Gasteiger partial charge in [0.15, 0.2) is 0 Å². The van der Waals surface area contributed by atoms with Crippen LogP contribution < -0.4 is 21.3 Å². The number of pyridine rings is 1. The second kappa shape index (κ2) is 14.7. The minimum absolute atomic E-state index is 0.208. The number of rotatable bonds is 11. The number of amides is 3. The fourth-order valence-corrected chi connectivity index (χ4v) is 5.48. The van der Waals surface area contributed by atoms with E-state index in [-0.39, 0.29) is 17.7 Å². The van der Waals surface area contributed by atoms with Crippen LogP contribution in [0.3, 0.4) is 0 Å². The van der Waals surface area contributed by atoms with Crippen LogP contribution in [0.25, 0.3) is 11.3 Å². The van der Waals surface area contributed by atoms with Crippen LogP contribution >= 0.6 is 0 Å². The van der Waals surface area contributed by atoms with E-state index in [1.807, 2.05) is 98.9 Å². The van der Waals surface area contributed by atoms with Gasteiger partial charge in [-0.2, -0.15) is 0 Å². The number of hydrogen-bond donors (Lipinski definition) is 4. The fourth-order valence-electron chi connectivity index (χ4n) is 5.48. The standard InChI is InChI=1S/C37H36N8O3/c1-24-8-13-30(20-33(24)43-37-39-18-16-31(42-37)28-6-4-17-38-21-28)41-35(47)27-11-9-25(10-12-27)22-45(2)23-26-5-3-7-29(19-26)40-32-14-15-34(46)44-36(32)48/h3-13,16-21,32,40H,14-15,22-23H2,1-2H3,(H,41,47)(H,39,42,43)(H,44,46,48). The molecule has 11 nitrogen and oxygen atoms in total. The van der Waals surface area contributed by atoms with Gasteiger partial charge in [-0.15, -0.1) is 0 Å². The van der Waals surface area contributed by atoms with Crippen molar-refractivity contribution in [2.24, 2.45) is 0 Å². The third-order valence-corrected chi connectivity index (χ3v) is 7.98. The highest BCUT2D eigenvalue weighted by molar-refractivity contribution is 6.04. The molecule has 3 heterocycles. The van der Waals surface area contributed by atoms with E-state index in [1.54, 1.807) is 18.6 Å². The van der Waals surface area contributed by atoms with Gasteiger partial charge in [-0.1, -0.05) is 30.3 Å². The maximum absolute atomic E-state index is 13.1. The molecular weight excluding hydrogens is 604 g/mol. The van der Waals surface area contributed by atoms with Crippen LogP contribution in [0.1, 0.15) is 39.9 Å². The Hall–Kier alpha value is -5.94. The van der Waals surface area contributed by atoms with Crippen molar-refractivity contribution in [3.63, 3.8) is 0 Å². The van der Waals surface area contributed by atoms with Crippen molar-refractivity contribution in [2.45, 2.75) is 38.9 Å². The van der Waals surface area contributed by atoms with Gasteiger partial charge >= 0.3 is 0 Å². The molecule has 48 heavy (non-hydrogen) atoms. The SMILES string of the molecule is Cc1ccc(NC(=O)c2ccc(CN(C)Cc3cccc(NC4CCC(=O)NC4=O)c3)cc2)cc1Nc1nccc(-c2cccnc2)n1. The molecule has 3 amide bonds. The number of imide groups is 1. The molecule has 3 aromatic carbocycles. The maximum atomic E-state index is 13.1. The smallest absolute Gasteiger partial charge is 0.255 e. The molecule has 4 N–H and O–H groups in total. The van der Waals surface area contributed by atoms with Crippen LogP contribution in [0.5, 0.6) is 0 Å². The summed E-state index contributed by atoms with van der Waals surface area (Å²) in [5.41, 5.74) is 7.61. The lowest BCUT2D eigenvalue weighted by molar-refractivity contribution is -0.133. The third-order valence-electron chi connectivity index (χ3n) is 7.98. The van der Waals surface area contributed by atoms with Gasteiger partial charge in [0, 0.05) is 66.3 Å². The van der Waals surface area contributed by atoms with Crippen molar-refractivity contribution in [2.75, 3.05) is 23.0 Å². The number of nitrogens with zero attached hydrogens (tertiary/aromatic N) is 4. The van der Waals surface area contributed by atoms with Crippen molar-refractivity contribution in [3.05, 3.63) is 126 Å². The molecule has 0 bridgehead atoms. The minimum atomic E-state index is -0.424. The van der Waals surface area contributed by atoms with E-state index >= 15 is 0 Å². The topological polar surface area (TPSA) is 141 Å². The summed E-state index contributed by atoms with van der Waals surface area (Å²) in [6, 6.07) is 26.4. The first-order valence-electron chi connectivity index (χ1n) is 15.7. The van der Waals surface area contributed by atoms with Crippen molar-refractivity contribution >= 4 is 40.7 Å². The quantitative estimate of drug-likeness (QED) is 0.134. The molecule has 1 saturated heterocycles. The average molecular weight is 641 g/mol. The maximum Gasteiger partial charge on any atom is 0.255 e. The lowest BCUT2D eigenvalue weighted by Gasteiger charge is -2.23. The Bertz CT molecular complexity index is 1930. The van der Waals surface area contributed by atoms with Crippen molar-refractivity contribution in [3.8, 4) is 11.3 Å². The molecule has 1 unspecified atom stereocenters. The van der Waals surface area contributed by atoms with Crippen molar-refractivity contribution < 1.29 is 14.4 Å². The molecule has 11 heteroatoms. The molecule has 0 saturated carbocycles. The van der Waals surface area contributed by atoms with Crippen LogP contribution in [-0.2, 0) is 22.7 Å². The van der Waals surface area contributed by atoms with Crippen LogP contribution in [0.2, 0.25) is 0 Å². The van der Waals surface area contributed by atoms with E-state index in [1.165, 1.54) is 0 Å². The number of piperidine rings is 1. The molecular formula is C37H36N8O3. The highest BCUT2D eigenvalue weighted by Gasteiger charge is 2.26. The van der Waals surface area contributed by atoms with Gasteiger partial charge in [-0.25, -0.2) is 9.97 Å². The molecule has 1 atom stereocenters. The minimum Gasteiger partial charge on any atom is -0.374 e. The number of hydrogen-bond acceptors (Lipinski definition) is 9. The predicted octanol–water partition coefficient (Wildman–Crippen LogP) is 5.69. The van der Waals surface area contributed by atoms with Crippen LogP contribution in [0.15, 0.2) is 104 Å². The zero-order chi connectivity index (χ0) is 33.5.